The van der Waals surface area contributed by atoms with Gasteiger partial charge >= 0.3 is 0 Å². The summed E-state index contributed by atoms with van der Waals surface area (Å²) in [5.74, 6) is 1.09. The molecule has 0 spiro atoms. The Labute approximate surface area is 150 Å². The van der Waals surface area contributed by atoms with E-state index in [1.54, 1.807) is 26.2 Å². The number of furan rings is 1. The summed E-state index contributed by atoms with van der Waals surface area (Å²) in [6, 6.07) is 11.1. The first-order valence-electron chi connectivity index (χ1n) is 7.88. The molecule has 1 aromatic heterocycles. The molecule has 0 aliphatic carbocycles. The minimum Gasteiger partial charge on any atom is -0.459 e. The lowest BCUT2D eigenvalue weighted by Gasteiger charge is -2.22. The van der Waals surface area contributed by atoms with E-state index in [1.807, 2.05) is 24.3 Å². The highest BCUT2D eigenvalue weighted by Gasteiger charge is 2.24. The standard InChI is InChI=1S/C18H18ClN3O3/c1-21(18(24)15-8-10-17(23)22(2)20-15)11-14-7-9-16(25-14)12-3-5-13(19)6-4-12/h3-7,9H,8,10-11H2,1-2H3. The van der Waals surface area contributed by atoms with Crippen LogP contribution in [0.1, 0.15) is 18.6 Å². The van der Waals surface area contributed by atoms with E-state index in [2.05, 4.69) is 5.10 Å². The topological polar surface area (TPSA) is 66.1 Å². The molecule has 2 heterocycles. The lowest BCUT2D eigenvalue weighted by molar-refractivity contribution is -0.130. The number of nitrogens with zero attached hydrogens (tertiary/aromatic N) is 3. The van der Waals surface area contributed by atoms with Crippen LogP contribution in [0.25, 0.3) is 11.3 Å². The third kappa shape index (κ3) is 3.91. The summed E-state index contributed by atoms with van der Waals surface area (Å²) in [5.41, 5.74) is 1.30. The lowest BCUT2D eigenvalue weighted by Crippen LogP contribution is -2.38. The molecule has 1 aliphatic rings. The van der Waals surface area contributed by atoms with Gasteiger partial charge in [0.15, 0.2) is 0 Å². The molecule has 7 heteroatoms. The van der Waals surface area contributed by atoms with Gasteiger partial charge in [-0.15, -0.1) is 0 Å². The summed E-state index contributed by atoms with van der Waals surface area (Å²) in [6.07, 6.45) is 0.664. The van der Waals surface area contributed by atoms with Gasteiger partial charge in [-0.05, 0) is 36.4 Å². The number of hydrogen-bond acceptors (Lipinski definition) is 4. The minimum absolute atomic E-state index is 0.0853. The number of amides is 2. The predicted molar refractivity (Wildman–Crippen MR) is 95.1 cm³/mol. The Bertz CT molecular complexity index is 826. The van der Waals surface area contributed by atoms with Crippen molar-refractivity contribution in [3.05, 3.63) is 47.2 Å². The third-order valence-corrected chi connectivity index (χ3v) is 4.24. The van der Waals surface area contributed by atoms with Crippen LogP contribution in [0, 0.1) is 0 Å². The Morgan fingerprint density at radius 3 is 2.64 bits per heavy atom. The third-order valence-electron chi connectivity index (χ3n) is 3.98. The zero-order chi connectivity index (χ0) is 18.0. The summed E-state index contributed by atoms with van der Waals surface area (Å²) in [4.78, 5) is 25.5. The van der Waals surface area contributed by atoms with Crippen molar-refractivity contribution in [2.75, 3.05) is 14.1 Å². The zero-order valence-electron chi connectivity index (χ0n) is 14.0. The molecule has 1 aliphatic heterocycles. The van der Waals surface area contributed by atoms with Crippen molar-refractivity contribution in [3.63, 3.8) is 0 Å². The maximum Gasteiger partial charge on any atom is 0.270 e. The fourth-order valence-electron chi connectivity index (χ4n) is 2.58. The van der Waals surface area contributed by atoms with Crippen molar-refractivity contribution in [1.82, 2.24) is 9.91 Å². The number of hydrazone groups is 1. The fourth-order valence-corrected chi connectivity index (χ4v) is 2.71. The minimum atomic E-state index is -0.205. The van der Waals surface area contributed by atoms with Crippen LogP contribution in [0.5, 0.6) is 0 Å². The highest BCUT2D eigenvalue weighted by atomic mass is 35.5. The summed E-state index contributed by atoms with van der Waals surface area (Å²) in [7, 11) is 3.24. The predicted octanol–water partition coefficient (Wildman–Crippen LogP) is 3.17. The van der Waals surface area contributed by atoms with Crippen LogP contribution in [-0.2, 0) is 16.1 Å². The van der Waals surface area contributed by atoms with Gasteiger partial charge in [-0.3, -0.25) is 9.59 Å². The number of hydrogen-bond donors (Lipinski definition) is 0. The molecule has 2 aromatic rings. The van der Waals surface area contributed by atoms with Crippen LogP contribution in [0.4, 0.5) is 0 Å². The Kier molecular flexibility index (Phi) is 4.90. The molecule has 0 saturated carbocycles. The molecule has 6 nitrogen and oxygen atoms in total. The molecule has 130 valence electrons. The molecular formula is C18H18ClN3O3. The van der Waals surface area contributed by atoms with Crippen molar-refractivity contribution in [1.29, 1.82) is 0 Å². The van der Waals surface area contributed by atoms with Crippen LogP contribution < -0.4 is 0 Å². The second kappa shape index (κ2) is 7.11. The van der Waals surface area contributed by atoms with E-state index < -0.39 is 0 Å². The summed E-state index contributed by atoms with van der Waals surface area (Å²) >= 11 is 5.89. The van der Waals surface area contributed by atoms with Crippen LogP contribution in [0.3, 0.4) is 0 Å². The quantitative estimate of drug-likeness (QED) is 0.842. The maximum absolute atomic E-state index is 12.5. The molecule has 3 rings (SSSR count). The van der Waals surface area contributed by atoms with Gasteiger partial charge in [-0.1, -0.05) is 11.6 Å². The number of rotatable bonds is 4. The van der Waals surface area contributed by atoms with Crippen LogP contribution in [0.2, 0.25) is 5.02 Å². The molecule has 0 fully saturated rings. The molecule has 0 atom stereocenters. The first kappa shape index (κ1) is 17.2. The van der Waals surface area contributed by atoms with E-state index in [0.717, 1.165) is 5.56 Å². The second-order valence-corrected chi connectivity index (χ2v) is 6.33. The van der Waals surface area contributed by atoms with E-state index >= 15 is 0 Å². The van der Waals surface area contributed by atoms with Crippen LogP contribution in [-0.4, -0.2) is 41.5 Å². The molecule has 0 saturated heterocycles. The Hall–Kier alpha value is -2.60. The van der Waals surface area contributed by atoms with Gasteiger partial charge in [0.2, 0.25) is 5.91 Å². The molecule has 0 bridgehead atoms. The molecular weight excluding hydrogens is 342 g/mol. The van der Waals surface area contributed by atoms with Gasteiger partial charge in [0, 0.05) is 37.5 Å². The van der Waals surface area contributed by atoms with Crippen molar-refractivity contribution >= 4 is 29.1 Å². The van der Waals surface area contributed by atoms with E-state index in [9.17, 15) is 9.59 Å². The molecule has 25 heavy (non-hydrogen) atoms. The van der Waals surface area contributed by atoms with Crippen LogP contribution in [0.15, 0.2) is 45.9 Å². The van der Waals surface area contributed by atoms with Gasteiger partial charge < -0.3 is 9.32 Å². The number of benzene rings is 1. The average Bonchev–Trinajstić information content (AvgIpc) is 3.05. The smallest absolute Gasteiger partial charge is 0.270 e. The second-order valence-electron chi connectivity index (χ2n) is 5.90. The van der Waals surface area contributed by atoms with E-state index in [0.29, 0.717) is 41.6 Å². The number of carbonyl (C=O) groups excluding carboxylic acids is 2. The lowest BCUT2D eigenvalue weighted by atomic mass is 10.1. The molecule has 0 unspecified atom stereocenters. The van der Waals surface area contributed by atoms with Crippen molar-refractivity contribution < 1.29 is 14.0 Å². The van der Waals surface area contributed by atoms with Crippen LogP contribution >= 0.6 is 11.6 Å². The van der Waals surface area contributed by atoms with Crippen molar-refractivity contribution in [2.24, 2.45) is 5.10 Å². The number of carbonyl (C=O) groups is 2. The van der Waals surface area contributed by atoms with E-state index in [4.69, 9.17) is 16.0 Å². The van der Waals surface area contributed by atoms with Gasteiger partial charge in [0.25, 0.3) is 5.91 Å². The van der Waals surface area contributed by atoms with Gasteiger partial charge in [-0.2, -0.15) is 5.10 Å². The monoisotopic (exact) mass is 359 g/mol. The Balaban J connectivity index is 1.68. The summed E-state index contributed by atoms with van der Waals surface area (Å²) < 4.78 is 5.81. The van der Waals surface area contributed by atoms with Crippen molar-refractivity contribution in [2.45, 2.75) is 19.4 Å². The normalized spacial score (nSPS) is 14.4. The Morgan fingerprint density at radius 2 is 1.96 bits per heavy atom. The van der Waals surface area contributed by atoms with E-state index in [-0.39, 0.29) is 11.8 Å². The fraction of sp³-hybridized carbons (Fsp3) is 0.278. The molecule has 0 radical (unpaired) electrons. The van der Waals surface area contributed by atoms with Gasteiger partial charge in [0.1, 0.15) is 17.2 Å². The first-order valence-corrected chi connectivity index (χ1v) is 8.26. The summed E-state index contributed by atoms with van der Waals surface area (Å²) in [5, 5.41) is 5.94. The zero-order valence-corrected chi connectivity index (χ0v) is 14.8. The largest absolute Gasteiger partial charge is 0.459 e. The number of halogens is 1. The highest BCUT2D eigenvalue weighted by Crippen LogP contribution is 2.24. The first-order chi connectivity index (χ1) is 11.9. The molecule has 1 aromatic carbocycles. The van der Waals surface area contributed by atoms with Gasteiger partial charge in [0.05, 0.1) is 6.54 Å². The Morgan fingerprint density at radius 1 is 1.24 bits per heavy atom. The van der Waals surface area contributed by atoms with Gasteiger partial charge in [-0.25, -0.2) is 5.01 Å². The average molecular weight is 360 g/mol. The van der Waals surface area contributed by atoms with Crippen molar-refractivity contribution in [3.8, 4) is 11.3 Å². The summed E-state index contributed by atoms with van der Waals surface area (Å²) in [6.45, 7) is 0.323. The van der Waals surface area contributed by atoms with E-state index in [1.165, 1.54) is 9.91 Å². The SMILES string of the molecule is CN(Cc1ccc(-c2ccc(Cl)cc2)o1)C(=O)C1=NN(C)C(=O)CC1. The maximum atomic E-state index is 12.5. The highest BCUT2D eigenvalue weighted by molar-refractivity contribution is 6.39. The molecule has 2 amide bonds. The molecule has 0 N–H and O–H groups in total.